The van der Waals surface area contributed by atoms with Gasteiger partial charge in [-0.25, -0.2) is 4.90 Å². The molecule has 0 saturated carbocycles. The molecule has 1 saturated heterocycles. The summed E-state index contributed by atoms with van der Waals surface area (Å²) < 4.78 is 0. The SMILES string of the molecule is C=C/C(=C\C=C/C)N1C(=O)S/C(=C/C)C1=O.CC.CC. The van der Waals surface area contributed by atoms with Gasteiger partial charge in [-0.2, -0.15) is 0 Å². The molecule has 0 bridgehead atoms. The van der Waals surface area contributed by atoms with Gasteiger partial charge in [-0.05, 0) is 37.8 Å². The molecule has 112 valence electrons. The molecule has 4 heteroatoms. The second kappa shape index (κ2) is 12.5. The first kappa shape index (κ1) is 20.8. The van der Waals surface area contributed by atoms with Crippen molar-refractivity contribution in [2.75, 3.05) is 0 Å². The summed E-state index contributed by atoms with van der Waals surface area (Å²) >= 11 is 0.945. The zero-order valence-corrected chi connectivity index (χ0v) is 14.1. The van der Waals surface area contributed by atoms with Crippen LogP contribution >= 0.6 is 11.8 Å². The summed E-state index contributed by atoms with van der Waals surface area (Å²) in [6, 6.07) is 0. The Balaban J connectivity index is 0. The minimum Gasteiger partial charge on any atom is -0.268 e. The Hall–Kier alpha value is -1.55. The van der Waals surface area contributed by atoms with Gasteiger partial charge in [0.2, 0.25) is 0 Å². The normalized spacial score (nSPS) is 16.8. The Kier molecular flexibility index (Phi) is 13.0. The number of imide groups is 1. The van der Waals surface area contributed by atoms with Crippen LogP contribution in [0.4, 0.5) is 4.79 Å². The van der Waals surface area contributed by atoms with Crippen molar-refractivity contribution in [3.63, 3.8) is 0 Å². The van der Waals surface area contributed by atoms with Crippen LogP contribution in [0.25, 0.3) is 0 Å². The van der Waals surface area contributed by atoms with E-state index in [-0.39, 0.29) is 11.1 Å². The van der Waals surface area contributed by atoms with Crippen LogP contribution in [0, 0.1) is 0 Å². The van der Waals surface area contributed by atoms with E-state index in [2.05, 4.69) is 6.58 Å². The van der Waals surface area contributed by atoms with Gasteiger partial charge in [-0.3, -0.25) is 9.59 Å². The molecule has 0 N–H and O–H groups in total. The minimum atomic E-state index is -0.284. The van der Waals surface area contributed by atoms with E-state index in [0.29, 0.717) is 10.6 Å². The number of thioether (sulfide) groups is 1. The maximum absolute atomic E-state index is 11.8. The van der Waals surface area contributed by atoms with Crippen LogP contribution in [-0.2, 0) is 4.79 Å². The fourth-order valence-electron chi connectivity index (χ4n) is 1.21. The maximum Gasteiger partial charge on any atom is 0.298 e. The van der Waals surface area contributed by atoms with Crippen molar-refractivity contribution in [3.05, 3.63) is 47.6 Å². The Bertz CT molecular complexity index is 420. The number of carbonyl (C=O) groups is 2. The number of rotatable bonds is 3. The number of allylic oxidation sites excluding steroid dienone is 5. The average Bonchev–Trinajstić information content (AvgIpc) is 2.79. The van der Waals surface area contributed by atoms with Crippen molar-refractivity contribution in [1.82, 2.24) is 4.90 Å². The van der Waals surface area contributed by atoms with E-state index in [1.165, 1.54) is 6.08 Å². The molecular weight excluding hydrogens is 270 g/mol. The van der Waals surface area contributed by atoms with Gasteiger partial charge >= 0.3 is 0 Å². The minimum absolute atomic E-state index is 0.284. The van der Waals surface area contributed by atoms with Crippen LogP contribution in [0.1, 0.15) is 41.5 Å². The summed E-state index contributed by atoms with van der Waals surface area (Å²) in [6.45, 7) is 15.2. The van der Waals surface area contributed by atoms with Crippen LogP contribution in [0.2, 0.25) is 0 Å². The lowest BCUT2D eigenvalue weighted by Gasteiger charge is -2.12. The maximum atomic E-state index is 11.8. The molecule has 0 atom stereocenters. The zero-order chi connectivity index (χ0) is 16.1. The number of hydrogen-bond donors (Lipinski definition) is 0. The Morgan fingerprint density at radius 1 is 1.15 bits per heavy atom. The van der Waals surface area contributed by atoms with E-state index in [1.807, 2.05) is 40.7 Å². The number of hydrogen-bond acceptors (Lipinski definition) is 3. The summed E-state index contributed by atoms with van der Waals surface area (Å²) in [5.41, 5.74) is 0.498. The molecule has 0 spiro atoms. The van der Waals surface area contributed by atoms with Crippen molar-refractivity contribution < 1.29 is 9.59 Å². The first-order chi connectivity index (χ1) is 9.65. The molecule has 3 nitrogen and oxygen atoms in total. The van der Waals surface area contributed by atoms with Crippen LogP contribution in [-0.4, -0.2) is 16.0 Å². The second-order valence-electron chi connectivity index (χ2n) is 2.98. The topological polar surface area (TPSA) is 37.4 Å². The standard InChI is InChI=1S/C12H13NO2S.2C2H6/c1-4-7-8-9(5-2)13-11(14)10(6-3)16-12(13)15;2*1-2/h4-8H,2H2,1,3H3;2*1-2H3/b7-4-,9-8+,10-6+;;. The molecule has 0 radical (unpaired) electrons. The van der Waals surface area contributed by atoms with E-state index < -0.39 is 0 Å². The fraction of sp³-hybridized carbons (Fsp3) is 0.375. The smallest absolute Gasteiger partial charge is 0.268 e. The summed E-state index contributed by atoms with van der Waals surface area (Å²) in [5.74, 6) is -0.284. The van der Waals surface area contributed by atoms with Gasteiger partial charge in [0.25, 0.3) is 11.1 Å². The summed E-state index contributed by atoms with van der Waals surface area (Å²) in [6.07, 6.45) is 8.40. The lowest BCUT2D eigenvalue weighted by molar-refractivity contribution is -0.121. The molecular formula is C16H25NO2S. The van der Waals surface area contributed by atoms with Crippen molar-refractivity contribution in [1.29, 1.82) is 0 Å². The van der Waals surface area contributed by atoms with Crippen molar-refractivity contribution >= 4 is 22.9 Å². The third-order valence-electron chi connectivity index (χ3n) is 1.98. The Labute approximate surface area is 127 Å². The quantitative estimate of drug-likeness (QED) is 0.525. The Morgan fingerprint density at radius 2 is 1.70 bits per heavy atom. The fourth-order valence-corrected chi connectivity index (χ4v) is 1.97. The highest BCUT2D eigenvalue weighted by Crippen LogP contribution is 2.33. The van der Waals surface area contributed by atoms with Crippen LogP contribution in [0.5, 0.6) is 0 Å². The van der Waals surface area contributed by atoms with E-state index >= 15 is 0 Å². The monoisotopic (exact) mass is 295 g/mol. The molecule has 2 amide bonds. The van der Waals surface area contributed by atoms with Crippen LogP contribution < -0.4 is 0 Å². The molecule has 1 rings (SSSR count). The predicted octanol–water partition coefficient (Wildman–Crippen LogP) is 5.28. The number of amides is 2. The molecule has 0 unspecified atom stereocenters. The second-order valence-corrected chi connectivity index (χ2v) is 3.98. The molecule has 0 aromatic carbocycles. The molecule has 1 aliphatic rings. The van der Waals surface area contributed by atoms with Gasteiger partial charge in [-0.15, -0.1) is 0 Å². The molecule has 0 aromatic rings. The van der Waals surface area contributed by atoms with Crippen molar-refractivity contribution in [2.24, 2.45) is 0 Å². The van der Waals surface area contributed by atoms with Crippen molar-refractivity contribution in [2.45, 2.75) is 41.5 Å². The first-order valence-electron chi connectivity index (χ1n) is 6.83. The van der Waals surface area contributed by atoms with Gasteiger partial charge in [-0.1, -0.05) is 52.5 Å². The lowest BCUT2D eigenvalue weighted by Crippen LogP contribution is -2.26. The van der Waals surface area contributed by atoms with Crippen LogP contribution in [0.15, 0.2) is 47.6 Å². The first-order valence-corrected chi connectivity index (χ1v) is 7.65. The Morgan fingerprint density at radius 3 is 2.05 bits per heavy atom. The molecule has 0 aromatic heterocycles. The van der Waals surface area contributed by atoms with E-state index in [0.717, 1.165) is 16.7 Å². The van der Waals surface area contributed by atoms with Gasteiger partial charge in [0.05, 0.1) is 10.6 Å². The van der Waals surface area contributed by atoms with Crippen molar-refractivity contribution in [3.8, 4) is 0 Å². The molecule has 1 aliphatic heterocycles. The largest absolute Gasteiger partial charge is 0.298 e. The van der Waals surface area contributed by atoms with Gasteiger partial charge < -0.3 is 0 Å². The predicted molar refractivity (Wildman–Crippen MR) is 89.4 cm³/mol. The van der Waals surface area contributed by atoms with E-state index in [9.17, 15) is 9.59 Å². The number of carbonyl (C=O) groups excluding carboxylic acids is 2. The highest BCUT2D eigenvalue weighted by Gasteiger charge is 2.35. The number of nitrogens with zero attached hydrogens (tertiary/aromatic N) is 1. The van der Waals surface area contributed by atoms with E-state index in [1.54, 1.807) is 25.2 Å². The van der Waals surface area contributed by atoms with Gasteiger partial charge in [0, 0.05) is 0 Å². The molecule has 20 heavy (non-hydrogen) atoms. The van der Waals surface area contributed by atoms with Crippen LogP contribution in [0.3, 0.4) is 0 Å². The third-order valence-corrected chi connectivity index (χ3v) is 2.97. The summed E-state index contributed by atoms with van der Waals surface area (Å²) in [7, 11) is 0. The molecule has 1 heterocycles. The molecule has 0 aliphatic carbocycles. The highest BCUT2D eigenvalue weighted by atomic mass is 32.2. The molecule has 1 fully saturated rings. The summed E-state index contributed by atoms with van der Waals surface area (Å²) in [4.78, 5) is 25.0. The highest BCUT2D eigenvalue weighted by molar-refractivity contribution is 8.18. The average molecular weight is 295 g/mol. The summed E-state index contributed by atoms with van der Waals surface area (Å²) in [5, 5.41) is -0.284. The third kappa shape index (κ3) is 5.61. The lowest BCUT2D eigenvalue weighted by atomic mass is 10.3. The van der Waals surface area contributed by atoms with Gasteiger partial charge in [0.15, 0.2) is 0 Å². The van der Waals surface area contributed by atoms with E-state index in [4.69, 9.17) is 0 Å². The zero-order valence-electron chi connectivity index (χ0n) is 13.3. The van der Waals surface area contributed by atoms with Gasteiger partial charge in [0.1, 0.15) is 0 Å².